The van der Waals surface area contributed by atoms with Gasteiger partial charge in [0.2, 0.25) is 5.91 Å². The van der Waals surface area contributed by atoms with Crippen molar-refractivity contribution in [1.82, 2.24) is 15.0 Å². The second kappa shape index (κ2) is 6.17. The zero-order valence-corrected chi connectivity index (χ0v) is 12.8. The van der Waals surface area contributed by atoms with Gasteiger partial charge in [-0.05, 0) is 26.0 Å². The summed E-state index contributed by atoms with van der Waals surface area (Å²) in [5, 5.41) is 3.89. The van der Waals surface area contributed by atoms with Crippen molar-refractivity contribution in [2.24, 2.45) is 0 Å². The molecule has 3 rings (SSSR count). The molecule has 1 unspecified atom stereocenters. The summed E-state index contributed by atoms with van der Waals surface area (Å²) in [7, 11) is 0. The van der Waals surface area contributed by atoms with Crippen molar-refractivity contribution in [3.05, 3.63) is 41.5 Å². The second-order valence-corrected chi connectivity index (χ2v) is 5.54. The van der Waals surface area contributed by atoms with Crippen LogP contribution in [-0.2, 0) is 11.2 Å². The van der Waals surface area contributed by atoms with E-state index >= 15 is 0 Å². The third-order valence-electron chi connectivity index (χ3n) is 3.94. The van der Waals surface area contributed by atoms with Gasteiger partial charge in [0, 0.05) is 24.7 Å². The Hall–Kier alpha value is -2.37. The SMILES string of the molecule is Cc1noc(C)c1CC(=O)N1CCC(Oc2cccnc2)C1. The van der Waals surface area contributed by atoms with E-state index in [2.05, 4.69) is 10.1 Å². The third-order valence-corrected chi connectivity index (χ3v) is 3.94. The maximum atomic E-state index is 12.4. The fraction of sp³-hybridized carbons (Fsp3) is 0.438. The quantitative estimate of drug-likeness (QED) is 0.863. The number of amides is 1. The number of rotatable bonds is 4. The van der Waals surface area contributed by atoms with Gasteiger partial charge in [0.1, 0.15) is 17.6 Å². The number of pyridine rings is 1. The van der Waals surface area contributed by atoms with Crippen LogP contribution in [0.3, 0.4) is 0 Å². The molecule has 0 bridgehead atoms. The first-order valence-corrected chi connectivity index (χ1v) is 7.39. The molecule has 1 atom stereocenters. The number of likely N-dealkylation sites (tertiary alicyclic amines) is 1. The molecule has 6 nitrogen and oxygen atoms in total. The highest BCUT2D eigenvalue weighted by molar-refractivity contribution is 5.79. The molecule has 1 aliphatic heterocycles. The number of aryl methyl sites for hydroxylation is 2. The van der Waals surface area contributed by atoms with Crippen LogP contribution in [0.25, 0.3) is 0 Å². The standard InChI is InChI=1S/C16H19N3O3/c1-11-15(12(2)22-18-11)8-16(20)19-7-5-14(10-19)21-13-4-3-6-17-9-13/h3-4,6,9,14H,5,7-8,10H2,1-2H3. The van der Waals surface area contributed by atoms with Crippen molar-refractivity contribution >= 4 is 5.91 Å². The van der Waals surface area contributed by atoms with E-state index in [1.54, 1.807) is 12.4 Å². The molecule has 1 aliphatic rings. The average molecular weight is 301 g/mol. The lowest BCUT2D eigenvalue weighted by atomic mass is 10.1. The van der Waals surface area contributed by atoms with Crippen LogP contribution in [0.15, 0.2) is 29.0 Å². The zero-order chi connectivity index (χ0) is 15.5. The highest BCUT2D eigenvalue weighted by Crippen LogP contribution is 2.19. The molecule has 0 spiro atoms. The maximum absolute atomic E-state index is 12.4. The highest BCUT2D eigenvalue weighted by Gasteiger charge is 2.28. The normalized spacial score (nSPS) is 17.7. The van der Waals surface area contributed by atoms with Crippen molar-refractivity contribution in [3.63, 3.8) is 0 Å². The number of hydrogen-bond acceptors (Lipinski definition) is 5. The summed E-state index contributed by atoms with van der Waals surface area (Å²) in [5.74, 6) is 1.55. The van der Waals surface area contributed by atoms with Gasteiger partial charge in [0.15, 0.2) is 0 Å². The van der Waals surface area contributed by atoms with Crippen molar-refractivity contribution in [3.8, 4) is 5.75 Å². The van der Waals surface area contributed by atoms with E-state index in [1.165, 1.54) is 0 Å². The zero-order valence-electron chi connectivity index (χ0n) is 12.8. The minimum atomic E-state index is 0.0258. The summed E-state index contributed by atoms with van der Waals surface area (Å²) in [4.78, 5) is 18.3. The molecule has 116 valence electrons. The lowest BCUT2D eigenvalue weighted by Crippen LogP contribution is -2.32. The molecule has 1 amide bonds. The van der Waals surface area contributed by atoms with Gasteiger partial charge in [0.05, 0.1) is 24.9 Å². The average Bonchev–Trinajstić information content (AvgIpc) is 3.10. The fourth-order valence-electron chi connectivity index (χ4n) is 2.68. The number of carbonyl (C=O) groups excluding carboxylic acids is 1. The second-order valence-electron chi connectivity index (χ2n) is 5.54. The summed E-state index contributed by atoms with van der Waals surface area (Å²) in [6, 6.07) is 3.71. The van der Waals surface area contributed by atoms with E-state index in [0.29, 0.717) is 25.3 Å². The first-order valence-electron chi connectivity index (χ1n) is 7.39. The van der Waals surface area contributed by atoms with Crippen molar-refractivity contribution in [2.45, 2.75) is 32.8 Å². The Balaban J connectivity index is 1.57. The number of hydrogen-bond donors (Lipinski definition) is 0. The molecular formula is C16H19N3O3. The Morgan fingerprint density at radius 3 is 3.05 bits per heavy atom. The Morgan fingerprint density at radius 2 is 2.36 bits per heavy atom. The third kappa shape index (κ3) is 3.10. The summed E-state index contributed by atoms with van der Waals surface area (Å²) in [5.41, 5.74) is 1.68. The molecule has 1 saturated heterocycles. The molecule has 22 heavy (non-hydrogen) atoms. The summed E-state index contributed by atoms with van der Waals surface area (Å²) in [6.45, 7) is 5.02. The van der Waals surface area contributed by atoms with Gasteiger partial charge in [0.25, 0.3) is 0 Å². The molecule has 2 aromatic heterocycles. The molecule has 0 radical (unpaired) electrons. The van der Waals surface area contributed by atoms with Crippen molar-refractivity contribution in [2.75, 3.05) is 13.1 Å². The van der Waals surface area contributed by atoms with Crippen molar-refractivity contribution < 1.29 is 14.1 Å². The van der Waals surface area contributed by atoms with Crippen LogP contribution in [0.5, 0.6) is 5.75 Å². The van der Waals surface area contributed by atoms with E-state index in [4.69, 9.17) is 9.26 Å². The first kappa shape index (κ1) is 14.6. The van der Waals surface area contributed by atoms with Gasteiger partial charge >= 0.3 is 0 Å². The van der Waals surface area contributed by atoms with Crippen LogP contribution >= 0.6 is 0 Å². The largest absolute Gasteiger partial charge is 0.487 e. The number of ether oxygens (including phenoxy) is 1. The predicted octanol–water partition coefficient (Wildman–Crippen LogP) is 1.91. The lowest BCUT2D eigenvalue weighted by molar-refractivity contribution is -0.129. The molecule has 0 N–H and O–H groups in total. The molecule has 0 saturated carbocycles. The topological polar surface area (TPSA) is 68.5 Å². The molecule has 6 heteroatoms. The smallest absolute Gasteiger partial charge is 0.227 e. The van der Waals surface area contributed by atoms with Gasteiger partial charge in [-0.25, -0.2) is 0 Å². The molecule has 2 aromatic rings. The fourth-order valence-corrected chi connectivity index (χ4v) is 2.68. The minimum Gasteiger partial charge on any atom is -0.487 e. The van der Waals surface area contributed by atoms with Gasteiger partial charge in [-0.1, -0.05) is 5.16 Å². The van der Waals surface area contributed by atoms with Gasteiger partial charge in [-0.3, -0.25) is 9.78 Å². The van der Waals surface area contributed by atoms with Crippen LogP contribution in [0.2, 0.25) is 0 Å². The van der Waals surface area contributed by atoms with Gasteiger partial charge in [-0.2, -0.15) is 0 Å². The van der Waals surface area contributed by atoms with E-state index < -0.39 is 0 Å². The van der Waals surface area contributed by atoms with E-state index in [-0.39, 0.29) is 12.0 Å². The monoisotopic (exact) mass is 301 g/mol. The van der Waals surface area contributed by atoms with Crippen LogP contribution in [0, 0.1) is 13.8 Å². The van der Waals surface area contributed by atoms with Gasteiger partial charge in [-0.15, -0.1) is 0 Å². The lowest BCUT2D eigenvalue weighted by Gasteiger charge is -2.17. The highest BCUT2D eigenvalue weighted by atomic mass is 16.5. The Labute approximate surface area is 129 Å². The number of carbonyl (C=O) groups is 1. The number of aromatic nitrogens is 2. The molecular weight excluding hydrogens is 282 g/mol. The molecule has 0 aliphatic carbocycles. The van der Waals surface area contributed by atoms with E-state index in [0.717, 1.165) is 23.4 Å². The van der Waals surface area contributed by atoms with E-state index in [1.807, 2.05) is 30.9 Å². The van der Waals surface area contributed by atoms with Crippen LogP contribution in [0.1, 0.15) is 23.4 Å². The molecule has 1 fully saturated rings. The Kier molecular flexibility index (Phi) is 4.09. The summed E-state index contributed by atoms with van der Waals surface area (Å²) in [6.07, 6.45) is 4.59. The summed E-state index contributed by atoms with van der Waals surface area (Å²) < 4.78 is 11.0. The molecule has 3 heterocycles. The first-order chi connectivity index (χ1) is 10.6. The van der Waals surface area contributed by atoms with Crippen molar-refractivity contribution in [1.29, 1.82) is 0 Å². The Bertz CT molecular complexity index is 634. The van der Waals surface area contributed by atoms with E-state index in [9.17, 15) is 4.79 Å². The molecule has 0 aromatic carbocycles. The maximum Gasteiger partial charge on any atom is 0.227 e. The van der Waals surface area contributed by atoms with Gasteiger partial charge < -0.3 is 14.2 Å². The minimum absolute atomic E-state index is 0.0258. The number of nitrogens with zero attached hydrogens (tertiary/aromatic N) is 3. The van der Waals surface area contributed by atoms with Crippen LogP contribution in [-0.4, -0.2) is 40.1 Å². The van der Waals surface area contributed by atoms with Crippen LogP contribution < -0.4 is 4.74 Å². The Morgan fingerprint density at radius 1 is 1.50 bits per heavy atom. The predicted molar refractivity (Wildman–Crippen MR) is 79.5 cm³/mol. The van der Waals surface area contributed by atoms with Crippen LogP contribution in [0.4, 0.5) is 0 Å². The summed E-state index contributed by atoms with van der Waals surface area (Å²) >= 11 is 0.